The highest BCUT2D eigenvalue weighted by Crippen LogP contribution is 2.34. The zero-order valence-electron chi connectivity index (χ0n) is 15.6. The van der Waals surface area contributed by atoms with Crippen LogP contribution in [0.25, 0.3) is 6.08 Å². The number of hydrogen-bond acceptors (Lipinski definition) is 7. The molecule has 1 amide bonds. The highest BCUT2D eigenvalue weighted by atomic mass is 35.5. The maximum Gasteiger partial charge on any atom is 0.363 e. The van der Waals surface area contributed by atoms with Crippen LogP contribution in [-0.2, 0) is 14.3 Å². The van der Waals surface area contributed by atoms with Crippen LogP contribution in [0.3, 0.4) is 0 Å². The molecule has 7 nitrogen and oxygen atoms in total. The van der Waals surface area contributed by atoms with Crippen molar-refractivity contribution >= 4 is 52.5 Å². The van der Waals surface area contributed by atoms with E-state index in [0.29, 0.717) is 27.1 Å². The molecule has 0 fully saturated rings. The van der Waals surface area contributed by atoms with Crippen LogP contribution in [0.2, 0.25) is 5.15 Å². The standard InChI is InChI=1S/C21H14ClN3O4S/c1-12(26)23-14-9-7-13(8-10-14)19-24-16(20(27)29-19)11-17-18(22)25-21(30-17)28-15-5-3-2-4-6-15/h2-11H,1H3,(H,23,26)/b16-11-. The maximum absolute atomic E-state index is 12.2. The van der Waals surface area contributed by atoms with Crippen molar-refractivity contribution in [3.8, 4) is 10.9 Å². The Kier molecular flexibility index (Phi) is 5.60. The molecule has 1 aliphatic heterocycles. The van der Waals surface area contributed by atoms with Gasteiger partial charge in [0.15, 0.2) is 10.9 Å². The van der Waals surface area contributed by atoms with Gasteiger partial charge < -0.3 is 14.8 Å². The summed E-state index contributed by atoms with van der Waals surface area (Å²) in [6.45, 7) is 1.43. The molecule has 0 saturated carbocycles. The molecule has 9 heteroatoms. The van der Waals surface area contributed by atoms with Crippen molar-refractivity contribution in [2.45, 2.75) is 6.92 Å². The number of thiazole rings is 1. The molecule has 0 radical (unpaired) electrons. The van der Waals surface area contributed by atoms with E-state index in [4.69, 9.17) is 21.1 Å². The fourth-order valence-corrected chi connectivity index (χ4v) is 3.63. The first-order valence-electron chi connectivity index (χ1n) is 8.78. The van der Waals surface area contributed by atoms with Crippen LogP contribution < -0.4 is 10.1 Å². The van der Waals surface area contributed by atoms with Crippen molar-refractivity contribution in [1.82, 2.24) is 4.98 Å². The summed E-state index contributed by atoms with van der Waals surface area (Å²) in [5.74, 6) is 0.0352. The number of rotatable bonds is 5. The van der Waals surface area contributed by atoms with E-state index in [-0.39, 0.29) is 22.7 Å². The highest BCUT2D eigenvalue weighted by Gasteiger charge is 2.25. The van der Waals surface area contributed by atoms with Gasteiger partial charge in [-0.15, -0.1) is 0 Å². The molecule has 0 atom stereocenters. The van der Waals surface area contributed by atoms with Crippen LogP contribution in [-0.4, -0.2) is 22.8 Å². The third-order valence-corrected chi connectivity index (χ3v) is 5.16. The SMILES string of the molecule is CC(=O)Nc1ccc(C2=N/C(=C\c3sc(Oc4ccccc4)nc3Cl)C(=O)O2)cc1. The summed E-state index contributed by atoms with van der Waals surface area (Å²) in [6.07, 6.45) is 1.51. The largest absolute Gasteiger partial charge is 0.431 e. The van der Waals surface area contributed by atoms with E-state index in [9.17, 15) is 9.59 Å². The number of ether oxygens (including phenoxy) is 2. The van der Waals surface area contributed by atoms with Gasteiger partial charge in [0.25, 0.3) is 5.19 Å². The zero-order chi connectivity index (χ0) is 21.1. The first-order chi connectivity index (χ1) is 14.5. The molecule has 0 saturated heterocycles. The van der Waals surface area contributed by atoms with E-state index in [2.05, 4.69) is 15.3 Å². The molecule has 1 N–H and O–H groups in total. The third-order valence-electron chi connectivity index (χ3n) is 3.88. The number of nitrogens with one attached hydrogen (secondary N) is 1. The summed E-state index contributed by atoms with van der Waals surface area (Å²) in [4.78, 5) is 32.3. The Bertz CT molecular complexity index is 1170. The number of esters is 1. The number of aromatic nitrogens is 1. The van der Waals surface area contributed by atoms with Gasteiger partial charge in [-0.2, -0.15) is 4.98 Å². The number of halogens is 1. The minimum Gasteiger partial charge on any atom is -0.431 e. The highest BCUT2D eigenvalue weighted by molar-refractivity contribution is 7.14. The monoisotopic (exact) mass is 439 g/mol. The van der Waals surface area contributed by atoms with Crippen LogP contribution in [0.4, 0.5) is 5.69 Å². The minimum absolute atomic E-state index is 0.104. The number of anilines is 1. The maximum atomic E-state index is 12.2. The van der Waals surface area contributed by atoms with Crippen LogP contribution in [0.5, 0.6) is 10.9 Å². The van der Waals surface area contributed by atoms with Crippen molar-refractivity contribution in [3.63, 3.8) is 0 Å². The Morgan fingerprint density at radius 3 is 2.60 bits per heavy atom. The second-order valence-corrected chi connectivity index (χ2v) is 7.50. The minimum atomic E-state index is -0.592. The molecule has 0 aliphatic carbocycles. The summed E-state index contributed by atoms with van der Waals surface area (Å²) in [6, 6.07) is 16.0. The molecule has 0 bridgehead atoms. The van der Waals surface area contributed by atoms with Crippen molar-refractivity contribution in [3.05, 3.63) is 75.9 Å². The number of aliphatic imine (C=N–C) groups is 1. The molecule has 150 valence electrons. The predicted octanol–water partition coefficient (Wildman–Crippen LogP) is 4.89. The zero-order valence-corrected chi connectivity index (χ0v) is 17.2. The predicted molar refractivity (Wildman–Crippen MR) is 115 cm³/mol. The fraction of sp³-hybridized carbons (Fsp3) is 0.0476. The Morgan fingerprint density at radius 2 is 1.90 bits per heavy atom. The van der Waals surface area contributed by atoms with E-state index < -0.39 is 5.97 Å². The summed E-state index contributed by atoms with van der Waals surface area (Å²) >= 11 is 7.38. The number of carbonyl (C=O) groups excluding carboxylic acids is 2. The van der Waals surface area contributed by atoms with Crippen LogP contribution >= 0.6 is 22.9 Å². The number of cyclic esters (lactones) is 1. The lowest BCUT2D eigenvalue weighted by Crippen LogP contribution is -2.07. The van der Waals surface area contributed by atoms with Gasteiger partial charge in [-0.05, 0) is 42.5 Å². The average molecular weight is 440 g/mol. The van der Waals surface area contributed by atoms with E-state index in [0.717, 1.165) is 0 Å². The second kappa shape index (κ2) is 8.48. The van der Waals surface area contributed by atoms with Gasteiger partial charge in [-0.1, -0.05) is 41.1 Å². The lowest BCUT2D eigenvalue weighted by molar-refractivity contribution is -0.129. The Hall–Kier alpha value is -3.49. The van der Waals surface area contributed by atoms with Crippen molar-refractivity contribution < 1.29 is 19.1 Å². The molecule has 3 aromatic rings. The quantitative estimate of drug-likeness (QED) is 0.451. The molecule has 1 aliphatic rings. The first-order valence-corrected chi connectivity index (χ1v) is 9.97. The summed E-state index contributed by atoms with van der Waals surface area (Å²) < 4.78 is 10.9. The van der Waals surface area contributed by atoms with Gasteiger partial charge in [0.05, 0.1) is 4.88 Å². The topological polar surface area (TPSA) is 89.9 Å². The van der Waals surface area contributed by atoms with Crippen molar-refractivity contribution in [2.75, 3.05) is 5.32 Å². The summed E-state index contributed by atoms with van der Waals surface area (Å²) in [5.41, 5.74) is 1.34. The van der Waals surface area contributed by atoms with Gasteiger partial charge in [0.2, 0.25) is 11.8 Å². The van der Waals surface area contributed by atoms with Crippen LogP contribution in [0, 0.1) is 0 Å². The van der Waals surface area contributed by atoms with Crippen LogP contribution in [0.1, 0.15) is 17.4 Å². The Labute approximate surface area is 180 Å². The number of benzene rings is 2. The molecule has 2 heterocycles. The summed E-state index contributed by atoms with van der Waals surface area (Å²) in [5, 5.41) is 3.22. The van der Waals surface area contributed by atoms with Gasteiger partial charge in [0, 0.05) is 18.2 Å². The Morgan fingerprint density at radius 1 is 1.17 bits per heavy atom. The lowest BCUT2D eigenvalue weighted by Gasteiger charge is -2.03. The number of nitrogens with zero attached hydrogens (tertiary/aromatic N) is 2. The normalized spacial score (nSPS) is 14.4. The van der Waals surface area contributed by atoms with E-state index in [1.54, 1.807) is 36.4 Å². The second-order valence-electron chi connectivity index (χ2n) is 6.14. The number of amides is 1. The molecule has 2 aromatic carbocycles. The smallest absolute Gasteiger partial charge is 0.363 e. The Balaban J connectivity index is 1.54. The van der Waals surface area contributed by atoms with E-state index in [1.807, 2.05) is 18.2 Å². The van der Waals surface area contributed by atoms with Gasteiger partial charge in [-0.3, -0.25) is 4.79 Å². The van der Waals surface area contributed by atoms with Gasteiger partial charge in [-0.25, -0.2) is 9.79 Å². The fourth-order valence-electron chi connectivity index (χ4n) is 2.57. The van der Waals surface area contributed by atoms with E-state index >= 15 is 0 Å². The number of para-hydroxylation sites is 1. The van der Waals surface area contributed by atoms with Gasteiger partial charge >= 0.3 is 5.97 Å². The third kappa shape index (κ3) is 4.56. The van der Waals surface area contributed by atoms with Crippen molar-refractivity contribution in [2.24, 2.45) is 4.99 Å². The number of hydrogen-bond donors (Lipinski definition) is 1. The van der Waals surface area contributed by atoms with E-state index in [1.165, 1.54) is 24.3 Å². The number of carbonyl (C=O) groups is 2. The average Bonchev–Trinajstić information content (AvgIpc) is 3.25. The molecule has 1 aromatic heterocycles. The lowest BCUT2D eigenvalue weighted by atomic mass is 10.2. The summed E-state index contributed by atoms with van der Waals surface area (Å²) in [7, 11) is 0. The molecule has 4 rings (SSSR count). The van der Waals surface area contributed by atoms with Crippen molar-refractivity contribution in [1.29, 1.82) is 0 Å². The van der Waals surface area contributed by atoms with Crippen LogP contribution in [0.15, 0.2) is 65.3 Å². The molecule has 0 unspecified atom stereocenters. The molecule has 30 heavy (non-hydrogen) atoms. The molecular weight excluding hydrogens is 426 g/mol. The first kappa shape index (κ1) is 19.8. The molecular formula is C21H14ClN3O4S. The van der Waals surface area contributed by atoms with Gasteiger partial charge in [0.1, 0.15) is 5.75 Å². The molecule has 0 spiro atoms.